The number of likely N-dealkylation sites (tertiary alicyclic amines) is 1. The summed E-state index contributed by atoms with van der Waals surface area (Å²) in [5.74, 6) is -1.85. The van der Waals surface area contributed by atoms with Crippen LogP contribution in [0.3, 0.4) is 0 Å². The Balaban J connectivity index is 1.40. The Morgan fingerprint density at radius 3 is 2.34 bits per heavy atom. The number of alkyl halides is 2. The largest absolute Gasteiger partial charge is 0.375 e. The summed E-state index contributed by atoms with van der Waals surface area (Å²) in [6.45, 7) is 1.00. The maximum Gasteiger partial charge on any atom is 0.248 e. The van der Waals surface area contributed by atoms with Crippen LogP contribution in [-0.4, -0.2) is 53.6 Å². The zero-order chi connectivity index (χ0) is 25.5. The van der Waals surface area contributed by atoms with E-state index < -0.39 is 22.1 Å². The maximum absolute atomic E-state index is 13.0. The fourth-order valence-corrected chi connectivity index (χ4v) is 5.94. The number of methoxy groups -OCH3 is 1. The van der Waals surface area contributed by atoms with Crippen LogP contribution in [0.5, 0.6) is 0 Å². The number of ether oxygens (including phenoxy) is 1. The summed E-state index contributed by atoms with van der Waals surface area (Å²) in [6, 6.07) is 9.62. The van der Waals surface area contributed by atoms with E-state index in [0.717, 1.165) is 0 Å². The molecule has 1 saturated heterocycles. The van der Waals surface area contributed by atoms with E-state index in [1.54, 1.807) is 35.2 Å². The van der Waals surface area contributed by atoms with Gasteiger partial charge in [-0.2, -0.15) is 0 Å². The molecule has 0 radical (unpaired) electrons. The highest BCUT2D eigenvalue weighted by molar-refractivity contribution is 6.53. The van der Waals surface area contributed by atoms with Crippen LogP contribution in [0.2, 0.25) is 15.1 Å². The highest BCUT2D eigenvalue weighted by atomic mass is 35.5. The van der Waals surface area contributed by atoms with E-state index in [0.29, 0.717) is 39.9 Å². The smallest absolute Gasteiger partial charge is 0.248 e. The van der Waals surface area contributed by atoms with Gasteiger partial charge in [0, 0.05) is 59.8 Å². The SMILES string of the molecule is COCC(=O)N1CC(CC(=O)c2cc(NC(=O)C3C(c4cc(Cl)cc(Cl)c4)C3(Cl)Cl)ccc2Cl)C1. The molecule has 186 valence electrons. The Morgan fingerprint density at radius 1 is 1.06 bits per heavy atom. The van der Waals surface area contributed by atoms with Crippen molar-refractivity contribution in [3.05, 3.63) is 62.6 Å². The summed E-state index contributed by atoms with van der Waals surface area (Å²) in [7, 11) is 1.46. The Labute approximate surface area is 227 Å². The van der Waals surface area contributed by atoms with Crippen LogP contribution in [0.25, 0.3) is 0 Å². The number of nitrogens with one attached hydrogen (secondary N) is 1. The van der Waals surface area contributed by atoms with Gasteiger partial charge in [0.15, 0.2) is 5.78 Å². The predicted molar refractivity (Wildman–Crippen MR) is 138 cm³/mol. The molecule has 2 unspecified atom stereocenters. The van der Waals surface area contributed by atoms with Gasteiger partial charge in [0.05, 0.1) is 10.9 Å². The zero-order valence-electron chi connectivity index (χ0n) is 18.5. The van der Waals surface area contributed by atoms with Crippen LogP contribution in [0, 0.1) is 11.8 Å². The van der Waals surface area contributed by atoms with E-state index in [2.05, 4.69) is 5.32 Å². The number of hydrogen-bond acceptors (Lipinski definition) is 4. The van der Waals surface area contributed by atoms with Gasteiger partial charge in [-0.05, 0) is 42.0 Å². The molecule has 1 saturated carbocycles. The molecule has 0 aromatic heterocycles. The molecule has 1 aliphatic carbocycles. The molecule has 35 heavy (non-hydrogen) atoms. The minimum atomic E-state index is -1.32. The number of Topliss-reactive ketones (excluding diaryl/α,β-unsaturated/α-hetero) is 1. The second-order valence-corrected chi connectivity index (χ2v) is 11.5. The minimum Gasteiger partial charge on any atom is -0.375 e. The van der Waals surface area contributed by atoms with Crippen molar-refractivity contribution in [2.75, 3.05) is 32.1 Å². The zero-order valence-corrected chi connectivity index (χ0v) is 22.3. The fraction of sp³-hybridized carbons (Fsp3) is 0.375. The van der Waals surface area contributed by atoms with Crippen LogP contribution in [0.4, 0.5) is 5.69 Å². The molecule has 2 atom stereocenters. The van der Waals surface area contributed by atoms with E-state index in [9.17, 15) is 14.4 Å². The monoisotopic (exact) mass is 576 g/mol. The first-order valence-electron chi connectivity index (χ1n) is 10.8. The second kappa shape index (κ2) is 10.4. The first-order valence-corrected chi connectivity index (χ1v) is 12.6. The molecule has 2 aliphatic rings. The lowest BCUT2D eigenvalue weighted by Gasteiger charge is -2.39. The van der Waals surface area contributed by atoms with Crippen LogP contribution in [0.1, 0.15) is 28.3 Å². The number of benzene rings is 2. The van der Waals surface area contributed by atoms with Gasteiger partial charge in [-0.25, -0.2) is 0 Å². The molecule has 0 bridgehead atoms. The number of carbonyl (C=O) groups excluding carboxylic acids is 3. The van der Waals surface area contributed by atoms with Gasteiger partial charge in [0.25, 0.3) is 0 Å². The van der Waals surface area contributed by atoms with Crippen molar-refractivity contribution >= 4 is 81.3 Å². The predicted octanol–water partition coefficient (Wildman–Crippen LogP) is 5.85. The topological polar surface area (TPSA) is 75.7 Å². The summed E-state index contributed by atoms with van der Waals surface area (Å²) >= 11 is 31.3. The van der Waals surface area contributed by atoms with Crippen LogP contribution < -0.4 is 5.32 Å². The molecule has 2 aromatic rings. The third-order valence-electron chi connectivity index (χ3n) is 6.17. The quantitative estimate of drug-likeness (QED) is 0.315. The number of anilines is 1. The van der Waals surface area contributed by atoms with Crippen molar-refractivity contribution in [3.63, 3.8) is 0 Å². The fourth-order valence-electron chi connectivity index (χ4n) is 4.35. The van der Waals surface area contributed by atoms with Crippen LogP contribution >= 0.6 is 58.0 Å². The molecule has 2 fully saturated rings. The van der Waals surface area contributed by atoms with Crippen molar-refractivity contribution < 1.29 is 19.1 Å². The molecular weight excluding hydrogens is 558 g/mol. The van der Waals surface area contributed by atoms with E-state index in [-0.39, 0.29) is 35.7 Å². The molecule has 1 aliphatic heterocycles. The molecular formula is C24H21Cl5N2O4. The van der Waals surface area contributed by atoms with Crippen molar-refractivity contribution in [3.8, 4) is 0 Å². The number of ketones is 1. The summed E-state index contributed by atoms with van der Waals surface area (Å²) in [5.41, 5.74) is 1.36. The molecule has 11 heteroatoms. The van der Waals surface area contributed by atoms with E-state index in [1.165, 1.54) is 13.2 Å². The van der Waals surface area contributed by atoms with Gasteiger partial charge < -0.3 is 15.0 Å². The minimum absolute atomic E-state index is 0.0202. The summed E-state index contributed by atoms with van der Waals surface area (Å²) < 4.78 is 3.52. The van der Waals surface area contributed by atoms with Crippen molar-refractivity contribution in [1.82, 2.24) is 4.90 Å². The molecule has 1 heterocycles. The maximum atomic E-state index is 13.0. The highest BCUT2D eigenvalue weighted by Crippen LogP contribution is 2.65. The second-order valence-electron chi connectivity index (χ2n) is 8.74. The third kappa shape index (κ3) is 5.74. The highest BCUT2D eigenvalue weighted by Gasteiger charge is 2.67. The van der Waals surface area contributed by atoms with Gasteiger partial charge in [0.1, 0.15) is 10.9 Å². The third-order valence-corrected chi connectivity index (χ3v) is 7.87. The summed E-state index contributed by atoms with van der Waals surface area (Å²) in [6.07, 6.45) is 0.237. The van der Waals surface area contributed by atoms with Crippen LogP contribution in [0.15, 0.2) is 36.4 Å². The number of nitrogens with zero attached hydrogens (tertiary/aromatic N) is 1. The van der Waals surface area contributed by atoms with Crippen molar-refractivity contribution in [2.45, 2.75) is 16.7 Å². The summed E-state index contributed by atoms with van der Waals surface area (Å²) in [5, 5.41) is 3.89. The van der Waals surface area contributed by atoms with E-state index in [4.69, 9.17) is 62.7 Å². The lowest BCUT2D eigenvalue weighted by Crippen LogP contribution is -2.51. The lowest BCUT2D eigenvalue weighted by molar-refractivity contribution is -0.141. The Hall–Kier alpha value is -1.54. The molecule has 6 nitrogen and oxygen atoms in total. The average Bonchev–Trinajstić information content (AvgIpc) is 3.33. The molecule has 0 spiro atoms. The lowest BCUT2D eigenvalue weighted by atomic mass is 9.91. The number of hydrogen-bond donors (Lipinski definition) is 1. The van der Waals surface area contributed by atoms with Crippen LogP contribution in [-0.2, 0) is 14.3 Å². The Kier molecular flexibility index (Phi) is 7.91. The number of halogens is 5. The number of amides is 2. The van der Waals surface area contributed by atoms with E-state index in [1.807, 2.05) is 0 Å². The molecule has 2 aromatic carbocycles. The summed E-state index contributed by atoms with van der Waals surface area (Å²) in [4.78, 5) is 39.3. The Bertz CT molecular complexity index is 1160. The number of carbonyl (C=O) groups is 3. The Morgan fingerprint density at radius 2 is 1.71 bits per heavy atom. The standard InChI is InChI=1S/C24H21Cl5N2O4/c1-35-11-20(33)31-9-12(10-31)4-19(32)17-8-16(2-3-18(17)27)30-23(34)22-21(24(22,28)29)13-5-14(25)7-15(26)6-13/h2-3,5-8,12,21-22H,4,9-11H2,1H3,(H,30,34). The first-order chi connectivity index (χ1) is 16.5. The van der Waals surface area contributed by atoms with E-state index >= 15 is 0 Å². The van der Waals surface area contributed by atoms with Gasteiger partial charge in [0.2, 0.25) is 11.8 Å². The normalized spacial score (nSPS) is 20.8. The first kappa shape index (κ1) is 26.5. The van der Waals surface area contributed by atoms with Gasteiger partial charge >= 0.3 is 0 Å². The molecule has 4 rings (SSSR count). The van der Waals surface area contributed by atoms with Gasteiger partial charge in [-0.15, -0.1) is 23.2 Å². The number of rotatable bonds is 8. The van der Waals surface area contributed by atoms with Gasteiger partial charge in [-0.3, -0.25) is 14.4 Å². The van der Waals surface area contributed by atoms with Gasteiger partial charge in [-0.1, -0.05) is 34.8 Å². The van der Waals surface area contributed by atoms with Crippen molar-refractivity contribution in [2.24, 2.45) is 11.8 Å². The molecule has 1 N–H and O–H groups in total. The molecule has 2 amide bonds. The van der Waals surface area contributed by atoms with Crippen molar-refractivity contribution in [1.29, 1.82) is 0 Å². The average molecular weight is 579 g/mol.